The van der Waals surface area contributed by atoms with E-state index in [0.29, 0.717) is 41.8 Å². The number of halogens is 1. The number of carbonyl (C=O) groups excluding carboxylic acids is 1. The largest absolute Gasteiger partial charge is 0.486 e. The maximum atomic E-state index is 13.8. The van der Waals surface area contributed by atoms with Crippen LogP contribution in [0.15, 0.2) is 24.7 Å². The van der Waals surface area contributed by atoms with Crippen molar-refractivity contribution in [3.8, 4) is 11.6 Å². The number of hydrogen-bond donors (Lipinski definition) is 0. The van der Waals surface area contributed by atoms with Gasteiger partial charge in [0.25, 0.3) is 0 Å². The molecule has 0 bridgehead atoms. The lowest BCUT2D eigenvalue weighted by atomic mass is 10.2. The van der Waals surface area contributed by atoms with Crippen LogP contribution in [-0.4, -0.2) is 51.9 Å². The van der Waals surface area contributed by atoms with E-state index >= 15 is 0 Å². The Balaban J connectivity index is 1.78. The molecule has 1 aliphatic rings. The first kappa shape index (κ1) is 18.9. The van der Waals surface area contributed by atoms with Crippen molar-refractivity contribution in [2.45, 2.75) is 26.4 Å². The first-order chi connectivity index (χ1) is 14.0. The molecular weight excluding hydrogens is 381 g/mol. The third-order valence-electron chi connectivity index (χ3n) is 4.65. The average molecular weight is 401 g/mol. The number of nitrogens with zero attached hydrogens (tertiary/aromatic N) is 5. The molecule has 0 aliphatic carbocycles. The van der Waals surface area contributed by atoms with Gasteiger partial charge in [0, 0.05) is 5.56 Å². The highest BCUT2D eigenvalue weighted by Gasteiger charge is 2.29. The maximum Gasteiger partial charge on any atom is 0.343 e. The zero-order chi connectivity index (χ0) is 20.5. The van der Waals surface area contributed by atoms with E-state index in [-0.39, 0.29) is 18.2 Å². The number of fused-ring (bicyclic) bond motifs is 2. The fourth-order valence-electron chi connectivity index (χ4n) is 3.24. The fourth-order valence-corrected chi connectivity index (χ4v) is 3.24. The van der Waals surface area contributed by atoms with Gasteiger partial charge in [-0.1, -0.05) is 0 Å². The summed E-state index contributed by atoms with van der Waals surface area (Å²) in [4.78, 5) is 22.8. The van der Waals surface area contributed by atoms with E-state index in [1.54, 1.807) is 13.1 Å². The molecule has 0 spiro atoms. The van der Waals surface area contributed by atoms with E-state index in [2.05, 4.69) is 15.1 Å². The molecule has 0 fully saturated rings. The van der Waals surface area contributed by atoms with Gasteiger partial charge in [-0.25, -0.2) is 23.7 Å². The number of esters is 1. The zero-order valence-electron chi connectivity index (χ0n) is 16.3. The summed E-state index contributed by atoms with van der Waals surface area (Å²) in [5.41, 5.74) is 1.19. The van der Waals surface area contributed by atoms with Crippen molar-refractivity contribution >= 4 is 17.4 Å². The molecule has 0 N–H and O–H groups in total. The maximum absolute atomic E-state index is 13.8. The van der Waals surface area contributed by atoms with Gasteiger partial charge in [-0.05, 0) is 19.9 Å². The van der Waals surface area contributed by atoms with Crippen molar-refractivity contribution in [3.63, 3.8) is 0 Å². The molecule has 0 saturated heterocycles. The van der Waals surface area contributed by atoms with Crippen molar-refractivity contribution in [3.05, 3.63) is 41.6 Å². The SMILES string of the molecule is CCOC(=O)c1cnn2cc3c(nc12)N(Cc1cc(F)cnc1OC)[C@H](C)CO3. The minimum absolute atomic E-state index is 0.0561. The Bertz CT molecular complexity index is 1070. The lowest BCUT2D eigenvalue weighted by Gasteiger charge is -2.35. The molecule has 0 unspecified atom stereocenters. The number of rotatable bonds is 5. The molecule has 4 heterocycles. The van der Waals surface area contributed by atoms with Gasteiger partial charge in [-0.3, -0.25) is 0 Å². The highest BCUT2D eigenvalue weighted by atomic mass is 19.1. The van der Waals surface area contributed by atoms with Crippen LogP contribution in [-0.2, 0) is 11.3 Å². The van der Waals surface area contributed by atoms with Crippen molar-refractivity contribution in [2.24, 2.45) is 0 Å². The highest BCUT2D eigenvalue weighted by molar-refractivity contribution is 5.95. The summed E-state index contributed by atoms with van der Waals surface area (Å²) < 4.78 is 31.4. The predicted molar refractivity (Wildman–Crippen MR) is 101 cm³/mol. The summed E-state index contributed by atoms with van der Waals surface area (Å²) in [6.07, 6.45) is 4.19. The molecule has 10 heteroatoms. The third kappa shape index (κ3) is 3.41. The monoisotopic (exact) mass is 401 g/mol. The summed E-state index contributed by atoms with van der Waals surface area (Å²) in [5.74, 6) is 0.420. The van der Waals surface area contributed by atoms with Crippen molar-refractivity contribution in [2.75, 3.05) is 25.2 Å². The van der Waals surface area contributed by atoms with E-state index in [1.165, 1.54) is 23.9 Å². The van der Waals surface area contributed by atoms with E-state index in [4.69, 9.17) is 14.2 Å². The van der Waals surface area contributed by atoms with Gasteiger partial charge in [0.2, 0.25) is 5.88 Å². The molecule has 3 aromatic rings. The van der Waals surface area contributed by atoms with Crippen LogP contribution in [0.3, 0.4) is 0 Å². The molecule has 0 aromatic carbocycles. The molecule has 0 saturated carbocycles. The number of anilines is 1. The molecule has 29 heavy (non-hydrogen) atoms. The van der Waals surface area contributed by atoms with Crippen molar-refractivity contribution < 1.29 is 23.4 Å². The Labute approximate surface area is 166 Å². The number of carbonyl (C=O) groups is 1. The highest BCUT2D eigenvalue weighted by Crippen LogP contribution is 2.35. The number of pyridine rings is 1. The van der Waals surface area contributed by atoms with Crippen LogP contribution in [0.2, 0.25) is 0 Å². The second-order valence-electron chi connectivity index (χ2n) is 6.59. The normalized spacial score (nSPS) is 15.7. The summed E-state index contributed by atoms with van der Waals surface area (Å²) >= 11 is 0. The summed E-state index contributed by atoms with van der Waals surface area (Å²) in [6, 6.07) is 1.33. The molecule has 1 aliphatic heterocycles. The van der Waals surface area contributed by atoms with Crippen LogP contribution >= 0.6 is 0 Å². The zero-order valence-corrected chi connectivity index (χ0v) is 16.3. The van der Waals surface area contributed by atoms with Gasteiger partial charge < -0.3 is 19.1 Å². The molecule has 3 aromatic heterocycles. The number of ether oxygens (including phenoxy) is 3. The summed E-state index contributed by atoms with van der Waals surface area (Å²) in [6.45, 7) is 4.67. The molecule has 0 amide bonds. The van der Waals surface area contributed by atoms with Crippen molar-refractivity contribution in [1.29, 1.82) is 0 Å². The fraction of sp³-hybridized carbons (Fsp3) is 0.368. The number of hydrogen-bond acceptors (Lipinski definition) is 8. The minimum Gasteiger partial charge on any atom is -0.486 e. The summed E-state index contributed by atoms with van der Waals surface area (Å²) in [5, 5.41) is 4.17. The van der Waals surface area contributed by atoms with Crippen LogP contribution in [0.5, 0.6) is 11.6 Å². The van der Waals surface area contributed by atoms with E-state index < -0.39 is 11.8 Å². The van der Waals surface area contributed by atoms with Gasteiger partial charge in [0.15, 0.2) is 17.2 Å². The molecular formula is C19H20FN5O4. The van der Waals surface area contributed by atoms with Crippen LogP contribution in [0.25, 0.3) is 5.65 Å². The molecule has 152 valence electrons. The lowest BCUT2D eigenvalue weighted by Crippen LogP contribution is -2.41. The van der Waals surface area contributed by atoms with Crippen LogP contribution in [0, 0.1) is 5.82 Å². The van der Waals surface area contributed by atoms with Gasteiger partial charge in [0.05, 0.1) is 44.9 Å². The third-order valence-corrected chi connectivity index (χ3v) is 4.65. The Morgan fingerprint density at radius 2 is 2.24 bits per heavy atom. The average Bonchev–Trinajstić information content (AvgIpc) is 3.12. The first-order valence-corrected chi connectivity index (χ1v) is 9.15. The Morgan fingerprint density at radius 1 is 1.41 bits per heavy atom. The van der Waals surface area contributed by atoms with Crippen molar-refractivity contribution in [1.82, 2.24) is 19.6 Å². The summed E-state index contributed by atoms with van der Waals surface area (Å²) in [7, 11) is 1.49. The van der Waals surface area contributed by atoms with Gasteiger partial charge in [-0.15, -0.1) is 0 Å². The van der Waals surface area contributed by atoms with Crippen LogP contribution in [0.4, 0.5) is 10.2 Å². The molecule has 0 radical (unpaired) electrons. The van der Waals surface area contributed by atoms with Crippen LogP contribution < -0.4 is 14.4 Å². The second-order valence-corrected chi connectivity index (χ2v) is 6.59. The molecule has 1 atom stereocenters. The minimum atomic E-state index is -0.498. The number of methoxy groups -OCH3 is 1. The van der Waals surface area contributed by atoms with Gasteiger partial charge >= 0.3 is 5.97 Å². The second kappa shape index (κ2) is 7.53. The molecule has 4 rings (SSSR count). The van der Waals surface area contributed by atoms with E-state index in [0.717, 1.165) is 6.20 Å². The molecule has 9 nitrogen and oxygen atoms in total. The van der Waals surface area contributed by atoms with E-state index in [1.807, 2.05) is 11.8 Å². The Morgan fingerprint density at radius 3 is 3.00 bits per heavy atom. The Hall–Kier alpha value is -3.43. The smallest absolute Gasteiger partial charge is 0.343 e. The van der Waals surface area contributed by atoms with Gasteiger partial charge in [-0.2, -0.15) is 5.10 Å². The quantitative estimate of drug-likeness (QED) is 0.601. The number of aromatic nitrogens is 4. The van der Waals surface area contributed by atoms with Gasteiger partial charge in [0.1, 0.15) is 18.0 Å². The predicted octanol–water partition coefficient (Wildman–Crippen LogP) is 2.24. The Kier molecular flexibility index (Phi) is 4.91. The first-order valence-electron chi connectivity index (χ1n) is 9.15. The topological polar surface area (TPSA) is 91.1 Å². The van der Waals surface area contributed by atoms with E-state index in [9.17, 15) is 9.18 Å². The lowest BCUT2D eigenvalue weighted by molar-refractivity contribution is 0.0528. The van der Waals surface area contributed by atoms with Crippen LogP contribution in [0.1, 0.15) is 29.8 Å². The standard InChI is InChI=1S/C19H20FN5O4/c1-4-28-19(26)14-7-22-25-9-15-17(23-16(14)25)24(11(2)10-29-15)8-12-5-13(20)6-21-18(12)27-3/h5-7,9,11H,4,8,10H2,1-3H3/t11-/m1/s1.